The quantitative estimate of drug-likeness (QED) is 0.700. The van der Waals surface area contributed by atoms with Gasteiger partial charge in [0.2, 0.25) is 0 Å². The summed E-state index contributed by atoms with van der Waals surface area (Å²) < 4.78 is 1.97. The second-order valence-electron chi connectivity index (χ2n) is 6.72. The molecule has 0 saturated heterocycles. The number of H-pyrrole nitrogens is 1. The molecular weight excluding hydrogens is 288 g/mol. The molecule has 1 heterocycles. The molecule has 0 saturated carbocycles. The number of imidazole rings is 1. The standard InChI is InChI=1S/C18H28N4O/c1-12(2)17(23)15(20-13(3)4)9-7-11-22-16-10-6-5-8-14(16)21-18(22)19/h5-6,8,10,12-13,15,20H,7,9,11H2,1-4H3,(H2,19,21)/t15-/m0/s1. The Morgan fingerprint density at radius 1 is 1.26 bits per heavy atom. The molecule has 5 heteroatoms. The molecule has 0 bridgehead atoms. The summed E-state index contributed by atoms with van der Waals surface area (Å²) in [6.07, 6.45) is 1.66. The van der Waals surface area contributed by atoms with Crippen molar-refractivity contribution in [2.24, 2.45) is 5.92 Å². The van der Waals surface area contributed by atoms with E-state index in [2.05, 4.69) is 24.1 Å². The third-order valence-electron chi connectivity index (χ3n) is 4.04. The summed E-state index contributed by atoms with van der Waals surface area (Å²) in [5, 5.41) is 11.5. The van der Waals surface area contributed by atoms with Crippen LogP contribution in [0.4, 0.5) is 0 Å². The van der Waals surface area contributed by atoms with E-state index in [1.54, 1.807) is 0 Å². The van der Waals surface area contributed by atoms with Crippen molar-refractivity contribution in [1.82, 2.24) is 14.9 Å². The molecule has 23 heavy (non-hydrogen) atoms. The van der Waals surface area contributed by atoms with Crippen LogP contribution >= 0.6 is 0 Å². The van der Waals surface area contributed by atoms with Gasteiger partial charge in [0.1, 0.15) is 0 Å². The first kappa shape index (κ1) is 17.5. The summed E-state index contributed by atoms with van der Waals surface area (Å²) in [5.74, 6) is 0.312. The summed E-state index contributed by atoms with van der Waals surface area (Å²) in [7, 11) is 0. The Morgan fingerprint density at radius 3 is 2.61 bits per heavy atom. The zero-order chi connectivity index (χ0) is 17.0. The number of fused-ring (bicyclic) bond motifs is 1. The highest BCUT2D eigenvalue weighted by Gasteiger charge is 2.21. The number of hydrogen-bond donors (Lipinski definition) is 3. The third kappa shape index (κ3) is 4.32. The number of Topliss-reactive ketones (excluding diaryl/α,β-unsaturated/α-hetero) is 1. The zero-order valence-corrected chi connectivity index (χ0v) is 14.5. The molecule has 0 aliphatic rings. The molecule has 0 radical (unpaired) electrons. The summed E-state index contributed by atoms with van der Waals surface area (Å²) in [5.41, 5.74) is 2.43. The van der Waals surface area contributed by atoms with Gasteiger partial charge in [-0.3, -0.25) is 10.2 Å². The second kappa shape index (κ2) is 7.59. The predicted octanol–water partition coefficient (Wildman–Crippen LogP) is 2.82. The van der Waals surface area contributed by atoms with Gasteiger partial charge < -0.3 is 14.9 Å². The average Bonchev–Trinajstić information content (AvgIpc) is 2.81. The molecule has 0 spiro atoms. The van der Waals surface area contributed by atoms with Gasteiger partial charge in [-0.2, -0.15) is 0 Å². The van der Waals surface area contributed by atoms with Crippen LogP contribution in [0.3, 0.4) is 0 Å². The number of carbonyl (C=O) groups excluding carboxylic acids is 1. The Hall–Kier alpha value is -1.88. The number of nitrogens with one attached hydrogen (secondary N) is 3. The van der Waals surface area contributed by atoms with E-state index in [1.165, 1.54) is 0 Å². The number of ketones is 1. The first-order chi connectivity index (χ1) is 10.9. The number of hydrogen-bond acceptors (Lipinski definition) is 3. The summed E-state index contributed by atoms with van der Waals surface area (Å²) in [6.45, 7) is 8.78. The molecule has 126 valence electrons. The van der Waals surface area contributed by atoms with Gasteiger partial charge in [0.25, 0.3) is 0 Å². The second-order valence-corrected chi connectivity index (χ2v) is 6.72. The van der Waals surface area contributed by atoms with Crippen molar-refractivity contribution in [3.8, 4) is 0 Å². The van der Waals surface area contributed by atoms with E-state index in [4.69, 9.17) is 5.41 Å². The van der Waals surface area contributed by atoms with Gasteiger partial charge in [-0.1, -0.05) is 39.8 Å². The fraction of sp³-hybridized carbons (Fsp3) is 0.556. The fourth-order valence-corrected chi connectivity index (χ4v) is 2.93. The van der Waals surface area contributed by atoms with Crippen LogP contribution in [0.15, 0.2) is 24.3 Å². The molecule has 2 aromatic rings. The lowest BCUT2D eigenvalue weighted by atomic mass is 9.97. The van der Waals surface area contributed by atoms with Crippen molar-refractivity contribution in [3.05, 3.63) is 29.9 Å². The summed E-state index contributed by atoms with van der Waals surface area (Å²) in [6, 6.07) is 8.14. The molecule has 1 aromatic heterocycles. The largest absolute Gasteiger partial charge is 0.324 e. The molecule has 2 rings (SSSR count). The lowest BCUT2D eigenvalue weighted by molar-refractivity contribution is -0.124. The van der Waals surface area contributed by atoms with E-state index >= 15 is 0 Å². The molecule has 3 N–H and O–H groups in total. The van der Waals surface area contributed by atoms with E-state index in [0.717, 1.165) is 30.4 Å². The minimum atomic E-state index is -0.102. The van der Waals surface area contributed by atoms with Crippen LogP contribution in [0.2, 0.25) is 0 Å². The normalized spacial score (nSPS) is 13.1. The smallest absolute Gasteiger partial charge is 0.200 e. The highest BCUT2D eigenvalue weighted by Crippen LogP contribution is 2.12. The summed E-state index contributed by atoms with van der Waals surface area (Å²) >= 11 is 0. The van der Waals surface area contributed by atoms with Crippen LogP contribution in [-0.4, -0.2) is 27.4 Å². The fourth-order valence-electron chi connectivity index (χ4n) is 2.93. The third-order valence-corrected chi connectivity index (χ3v) is 4.04. The van der Waals surface area contributed by atoms with Gasteiger partial charge in [0, 0.05) is 18.5 Å². The van der Waals surface area contributed by atoms with Crippen LogP contribution in [0.5, 0.6) is 0 Å². The van der Waals surface area contributed by atoms with Crippen LogP contribution in [0, 0.1) is 11.3 Å². The minimum absolute atomic E-state index is 0.0405. The van der Waals surface area contributed by atoms with E-state index in [1.807, 2.05) is 42.7 Å². The van der Waals surface area contributed by atoms with E-state index in [0.29, 0.717) is 5.62 Å². The summed E-state index contributed by atoms with van der Waals surface area (Å²) in [4.78, 5) is 15.4. The first-order valence-corrected chi connectivity index (χ1v) is 8.42. The highest BCUT2D eigenvalue weighted by molar-refractivity contribution is 5.85. The van der Waals surface area contributed by atoms with Crippen LogP contribution in [0.25, 0.3) is 11.0 Å². The van der Waals surface area contributed by atoms with Crippen molar-refractivity contribution in [2.75, 3.05) is 0 Å². The topological polar surface area (TPSA) is 73.7 Å². The van der Waals surface area contributed by atoms with Crippen LogP contribution in [0.1, 0.15) is 40.5 Å². The highest BCUT2D eigenvalue weighted by atomic mass is 16.1. The zero-order valence-electron chi connectivity index (χ0n) is 14.5. The van der Waals surface area contributed by atoms with Crippen LogP contribution in [-0.2, 0) is 11.3 Å². The predicted molar refractivity (Wildman–Crippen MR) is 93.3 cm³/mol. The van der Waals surface area contributed by atoms with Gasteiger partial charge in [0.05, 0.1) is 17.1 Å². The molecule has 0 aliphatic carbocycles. The van der Waals surface area contributed by atoms with E-state index in [9.17, 15) is 4.79 Å². The number of aromatic nitrogens is 2. The number of para-hydroxylation sites is 2. The maximum atomic E-state index is 12.3. The Morgan fingerprint density at radius 2 is 1.96 bits per heavy atom. The van der Waals surface area contributed by atoms with E-state index < -0.39 is 0 Å². The Kier molecular flexibility index (Phi) is 5.77. The maximum Gasteiger partial charge on any atom is 0.200 e. The van der Waals surface area contributed by atoms with Crippen molar-refractivity contribution < 1.29 is 4.79 Å². The van der Waals surface area contributed by atoms with Crippen molar-refractivity contribution in [3.63, 3.8) is 0 Å². The van der Waals surface area contributed by atoms with Gasteiger partial charge in [-0.05, 0) is 25.0 Å². The van der Waals surface area contributed by atoms with Crippen molar-refractivity contribution in [2.45, 2.75) is 59.2 Å². The molecule has 0 amide bonds. The van der Waals surface area contributed by atoms with Gasteiger partial charge in [-0.15, -0.1) is 0 Å². The minimum Gasteiger partial charge on any atom is -0.324 e. The van der Waals surface area contributed by atoms with Gasteiger partial charge in [-0.25, -0.2) is 0 Å². The first-order valence-electron chi connectivity index (χ1n) is 8.42. The number of aryl methyl sites for hydroxylation is 1. The monoisotopic (exact) mass is 316 g/mol. The SMILES string of the molecule is CC(C)N[C@@H](CCCn1c(=N)[nH]c2ccccc21)C(=O)C(C)C. The van der Waals surface area contributed by atoms with E-state index in [-0.39, 0.29) is 23.8 Å². The molecule has 0 fully saturated rings. The number of benzene rings is 1. The van der Waals surface area contributed by atoms with Gasteiger partial charge >= 0.3 is 0 Å². The molecule has 0 aliphatic heterocycles. The average molecular weight is 316 g/mol. The van der Waals surface area contributed by atoms with Gasteiger partial charge in [0.15, 0.2) is 11.4 Å². The Bertz CT molecular complexity index is 711. The molecule has 5 nitrogen and oxygen atoms in total. The van der Waals surface area contributed by atoms with Crippen molar-refractivity contribution in [1.29, 1.82) is 5.41 Å². The molecule has 0 unspecified atom stereocenters. The Labute approximate surface area is 137 Å². The lowest BCUT2D eigenvalue weighted by Gasteiger charge is -2.22. The molecule has 1 atom stereocenters. The Balaban J connectivity index is 2.05. The molecular formula is C18H28N4O. The van der Waals surface area contributed by atoms with Crippen LogP contribution < -0.4 is 10.9 Å². The van der Waals surface area contributed by atoms with Crippen molar-refractivity contribution >= 4 is 16.8 Å². The molecule has 1 aromatic carbocycles. The maximum absolute atomic E-state index is 12.3. The number of nitrogens with zero attached hydrogens (tertiary/aromatic N) is 1. The number of carbonyl (C=O) groups is 1. The lowest BCUT2D eigenvalue weighted by Crippen LogP contribution is -2.43. The number of rotatable bonds is 8. The number of aromatic amines is 1.